The van der Waals surface area contributed by atoms with Crippen LogP contribution in [0.3, 0.4) is 0 Å². The molecule has 51 heavy (non-hydrogen) atoms. The Kier molecular flexibility index (Phi) is 13.8. The van der Waals surface area contributed by atoms with E-state index in [9.17, 15) is 141 Å². The molecule has 35 heteroatoms. The Balaban J connectivity index is -0.000000886. The Morgan fingerprint density at radius 3 is 0.490 bits per heavy atom. The van der Waals surface area contributed by atoms with Crippen LogP contribution in [-0.4, -0.2) is 106 Å². The van der Waals surface area contributed by atoms with Gasteiger partial charge in [0.1, 0.15) is 0 Å². The fourth-order valence-electron chi connectivity index (χ4n) is 2.20. The third-order valence-corrected chi connectivity index (χ3v) is 5.19. The van der Waals surface area contributed by atoms with Gasteiger partial charge in [0.05, 0.1) is 0 Å². The predicted octanol–water partition coefficient (Wildman–Crippen LogP) is 8.89. The first-order chi connectivity index (χ1) is 20.9. The smallest absolute Gasteiger partial charge is 0.460 e. The number of carboxylic acids is 2. The molecule has 2 N–H and O–H groups in total. The first-order valence-electron chi connectivity index (χ1n) is 10.0. The molecule has 0 amide bonds. The molecule has 0 aromatic rings. The van der Waals surface area contributed by atoms with Gasteiger partial charge in [0.15, 0.2) is 0 Å². The molecule has 0 bridgehead atoms. The fraction of sp³-hybridized carbons (Fsp3) is 0.875. The monoisotopic (exact) mass is 887 g/mol. The maximum absolute atomic E-state index is 12.8. The van der Waals surface area contributed by atoms with Crippen molar-refractivity contribution in [3.63, 3.8) is 0 Å². The molecule has 0 aliphatic carbocycles. The number of hydrogen-bond acceptors (Lipinski definition) is 2. The minimum absolute atomic E-state index is 0. The molecule has 4 nitrogen and oxygen atoms in total. The van der Waals surface area contributed by atoms with E-state index in [-0.39, 0.29) is 16.8 Å². The van der Waals surface area contributed by atoms with Gasteiger partial charge in [-0.1, -0.05) is 0 Å². The molecule has 0 aromatic carbocycles. The van der Waals surface area contributed by atoms with E-state index in [0.717, 1.165) is 0 Å². The number of rotatable bonds is 12. The van der Waals surface area contributed by atoms with Crippen molar-refractivity contribution in [2.75, 3.05) is 0 Å². The van der Waals surface area contributed by atoms with Crippen LogP contribution < -0.4 is 0 Å². The maximum Gasteiger partial charge on any atom is 0.460 e. The van der Waals surface area contributed by atoms with Crippen molar-refractivity contribution in [2.24, 2.45) is 0 Å². The number of aliphatic carboxylic acids is 2. The molecule has 309 valence electrons. The third-order valence-electron chi connectivity index (χ3n) is 5.19. The summed E-state index contributed by atoms with van der Waals surface area (Å²) in [5.41, 5.74) is 0. The maximum atomic E-state index is 12.8. The van der Waals surface area contributed by atoms with E-state index >= 15 is 0 Å². The van der Waals surface area contributed by atoms with Gasteiger partial charge in [0.25, 0.3) is 0 Å². The van der Waals surface area contributed by atoms with Crippen LogP contribution in [0.25, 0.3) is 0 Å². The molecule has 0 aliphatic heterocycles. The first kappa shape index (κ1) is 52.7. The zero-order valence-corrected chi connectivity index (χ0v) is 22.4. The largest absolute Gasteiger partial charge is 0.477 e. The molecule has 0 heterocycles. The van der Waals surface area contributed by atoms with Crippen molar-refractivity contribution in [1.82, 2.24) is 0 Å². The van der Waals surface area contributed by atoms with Crippen LogP contribution in [0.2, 0.25) is 0 Å². The van der Waals surface area contributed by atoms with Crippen molar-refractivity contribution in [2.45, 2.75) is 83.4 Å². The van der Waals surface area contributed by atoms with Crippen molar-refractivity contribution < 1.29 is 168 Å². The van der Waals surface area contributed by atoms with Crippen molar-refractivity contribution in [1.29, 1.82) is 0 Å². The summed E-state index contributed by atoms with van der Waals surface area (Å²) in [5.74, 6) is -106. The second-order valence-corrected chi connectivity index (χ2v) is 8.50. The molecular formula is C16H2CoF30O4. The van der Waals surface area contributed by atoms with Gasteiger partial charge in [0, 0.05) is 16.8 Å². The predicted molar refractivity (Wildman–Crippen MR) is 86.7 cm³/mol. The van der Waals surface area contributed by atoms with Gasteiger partial charge >= 0.3 is 95.4 Å². The van der Waals surface area contributed by atoms with E-state index in [1.807, 2.05) is 0 Å². The Bertz CT molecular complexity index is 1160. The van der Waals surface area contributed by atoms with Gasteiger partial charge in [-0.3, -0.25) is 0 Å². The van der Waals surface area contributed by atoms with Crippen molar-refractivity contribution in [3.8, 4) is 0 Å². The molecular weight excluding hydrogens is 885 g/mol. The van der Waals surface area contributed by atoms with Gasteiger partial charge in [-0.15, -0.1) is 0 Å². The van der Waals surface area contributed by atoms with Crippen LogP contribution in [0, 0.1) is 0 Å². The number of halogens is 30. The van der Waals surface area contributed by atoms with Crippen LogP contribution in [0.5, 0.6) is 0 Å². The van der Waals surface area contributed by atoms with Crippen LogP contribution in [0.15, 0.2) is 0 Å². The molecule has 0 aliphatic rings. The Morgan fingerprint density at radius 1 is 0.255 bits per heavy atom. The zero-order valence-electron chi connectivity index (χ0n) is 21.4. The molecule has 0 atom stereocenters. The topological polar surface area (TPSA) is 74.6 Å². The van der Waals surface area contributed by atoms with Gasteiger partial charge in [-0.25, -0.2) is 9.59 Å². The Labute approximate surface area is 264 Å². The van der Waals surface area contributed by atoms with Crippen LogP contribution in [0.1, 0.15) is 0 Å². The molecule has 0 spiro atoms. The summed E-state index contributed by atoms with van der Waals surface area (Å²) in [7, 11) is 0. The summed E-state index contributed by atoms with van der Waals surface area (Å²) in [6, 6.07) is 0. The molecule has 0 fully saturated rings. The van der Waals surface area contributed by atoms with E-state index in [1.54, 1.807) is 0 Å². The van der Waals surface area contributed by atoms with E-state index in [1.165, 1.54) is 0 Å². The minimum atomic E-state index is -8.47. The molecule has 0 saturated heterocycles. The summed E-state index contributed by atoms with van der Waals surface area (Å²) in [5, 5.41) is 15.1. The number of hydrogen-bond donors (Lipinski definition) is 2. The van der Waals surface area contributed by atoms with Gasteiger partial charge < -0.3 is 10.2 Å². The van der Waals surface area contributed by atoms with E-state index in [4.69, 9.17) is 10.2 Å². The average molecular weight is 887 g/mol. The Hall–Kier alpha value is -2.65. The zero-order chi connectivity index (χ0) is 42.2. The normalized spacial score (nSPS) is 15.8. The first-order valence-corrected chi connectivity index (χ1v) is 10.0. The van der Waals surface area contributed by atoms with Gasteiger partial charge in [0.2, 0.25) is 0 Å². The standard InChI is InChI=1S/2C8HF15O2.Co/c2*9-2(10,1(24)25)3(11,12)4(13,14)5(15,16)6(17,18)7(19,20)8(21,22)23;/h2*(H,24,25);. The number of alkyl halides is 30. The summed E-state index contributed by atoms with van der Waals surface area (Å²) >= 11 is 0. The third kappa shape index (κ3) is 7.07. The van der Waals surface area contributed by atoms with E-state index < -0.39 is 95.4 Å². The van der Waals surface area contributed by atoms with Crippen LogP contribution >= 0.6 is 0 Å². The SMILES string of the molecule is O=C(O)C(F)(F)C(F)(F)C(F)(F)C(F)(F)C(F)(F)C(F)(F)C(F)(F)F.O=C(O)C(F)(F)C(F)(F)C(F)(F)C(F)(F)C(F)(F)C(F)(F)C(F)(F)F.[Co]. The van der Waals surface area contributed by atoms with Gasteiger partial charge in [-0.05, 0) is 0 Å². The van der Waals surface area contributed by atoms with Crippen LogP contribution in [-0.2, 0) is 26.4 Å². The molecule has 0 rings (SSSR count). The minimum Gasteiger partial charge on any atom is -0.477 e. The summed E-state index contributed by atoms with van der Waals surface area (Å²) < 4.78 is 373. The van der Waals surface area contributed by atoms with Crippen molar-refractivity contribution in [3.05, 3.63) is 0 Å². The van der Waals surface area contributed by atoms with E-state index in [2.05, 4.69) is 0 Å². The average Bonchev–Trinajstić information content (AvgIpc) is 2.86. The molecule has 0 saturated carbocycles. The molecule has 1 radical (unpaired) electrons. The molecule has 0 aromatic heterocycles. The van der Waals surface area contributed by atoms with Crippen LogP contribution in [0.4, 0.5) is 132 Å². The Morgan fingerprint density at radius 2 is 0.373 bits per heavy atom. The van der Waals surface area contributed by atoms with Gasteiger partial charge in [-0.2, -0.15) is 132 Å². The molecule has 0 unspecified atom stereocenters. The quantitative estimate of drug-likeness (QED) is 0.192. The summed E-state index contributed by atoms with van der Waals surface area (Å²) in [4.78, 5) is 19.4. The second kappa shape index (κ2) is 13.3. The van der Waals surface area contributed by atoms with Crippen molar-refractivity contribution >= 4 is 11.9 Å². The fourth-order valence-corrected chi connectivity index (χ4v) is 2.20. The number of carbonyl (C=O) groups is 2. The van der Waals surface area contributed by atoms with E-state index in [0.29, 0.717) is 0 Å². The summed E-state index contributed by atoms with van der Waals surface area (Å²) in [6.07, 6.45) is -15.4. The summed E-state index contributed by atoms with van der Waals surface area (Å²) in [6.45, 7) is 0. The number of carboxylic acid groups (broad SMARTS) is 2. The second-order valence-electron chi connectivity index (χ2n) is 8.50.